The van der Waals surface area contributed by atoms with Crippen LogP contribution < -0.4 is 10.1 Å². The largest absolute Gasteiger partial charge is 0.484 e. The van der Waals surface area contributed by atoms with E-state index in [4.69, 9.17) is 9.47 Å². The van der Waals surface area contributed by atoms with E-state index in [-0.39, 0.29) is 12.5 Å². The van der Waals surface area contributed by atoms with Crippen LogP contribution in [0, 0.1) is 6.92 Å². The molecule has 0 saturated heterocycles. The maximum atomic E-state index is 12.2. The molecular weight excluding hydrogens is 330 g/mol. The standard InChI is InChI=1S/C21H25NO4/c1-5-14(2)16-9-11-17(12-10-16)26-13-20(23)22-19-8-6-7-18(15(19)3)21(24)25-4/h6-12,14H,5,13H2,1-4H3,(H,22,23). The summed E-state index contributed by atoms with van der Waals surface area (Å²) in [6.45, 7) is 5.98. The van der Waals surface area contributed by atoms with Crippen LogP contribution in [0.15, 0.2) is 42.5 Å². The average Bonchev–Trinajstić information content (AvgIpc) is 2.67. The number of rotatable bonds is 7. The highest BCUT2D eigenvalue weighted by molar-refractivity contribution is 5.97. The number of ether oxygens (including phenoxy) is 2. The molecule has 1 unspecified atom stereocenters. The van der Waals surface area contributed by atoms with E-state index in [2.05, 4.69) is 19.2 Å². The van der Waals surface area contributed by atoms with Crippen molar-refractivity contribution in [2.45, 2.75) is 33.1 Å². The topological polar surface area (TPSA) is 64.6 Å². The molecule has 0 saturated carbocycles. The number of anilines is 1. The van der Waals surface area contributed by atoms with Gasteiger partial charge in [0.2, 0.25) is 0 Å². The Morgan fingerprint density at radius 2 is 1.81 bits per heavy atom. The van der Waals surface area contributed by atoms with Gasteiger partial charge in [-0.1, -0.05) is 32.0 Å². The molecule has 1 N–H and O–H groups in total. The highest BCUT2D eigenvalue weighted by atomic mass is 16.5. The molecule has 5 nitrogen and oxygen atoms in total. The summed E-state index contributed by atoms with van der Waals surface area (Å²) in [4.78, 5) is 23.9. The number of hydrogen-bond acceptors (Lipinski definition) is 4. The zero-order valence-electron chi connectivity index (χ0n) is 15.7. The first-order chi connectivity index (χ1) is 12.5. The minimum atomic E-state index is -0.434. The monoisotopic (exact) mass is 355 g/mol. The van der Waals surface area contributed by atoms with Crippen LogP contribution in [-0.4, -0.2) is 25.6 Å². The van der Waals surface area contributed by atoms with E-state index in [9.17, 15) is 9.59 Å². The van der Waals surface area contributed by atoms with E-state index >= 15 is 0 Å². The minimum Gasteiger partial charge on any atom is -0.484 e. The lowest BCUT2D eigenvalue weighted by molar-refractivity contribution is -0.118. The first kappa shape index (κ1) is 19.5. The first-order valence-electron chi connectivity index (χ1n) is 8.66. The van der Waals surface area contributed by atoms with Gasteiger partial charge in [-0.3, -0.25) is 4.79 Å². The minimum absolute atomic E-state index is 0.107. The number of carbonyl (C=O) groups excluding carboxylic acids is 2. The van der Waals surface area contributed by atoms with Gasteiger partial charge in [0.15, 0.2) is 6.61 Å². The summed E-state index contributed by atoms with van der Waals surface area (Å²) in [7, 11) is 1.33. The van der Waals surface area contributed by atoms with E-state index in [1.54, 1.807) is 25.1 Å². The number of esters is 1. The second-order valence-electron chi connectivity index (χ2n) is 6.18. The third-order valence-electron chi connectivity index (χ3n) is 4.44. The zero-order valence-corrected chi connectivity index (χ0v) is 15.7. The van der Waals surface area contributed by atoms with Crippen LogP contribution in [0.3, 0.4) is 0 Å². The molecule has 0 aliphatic heterocycles. The molecule has 0 radical (unpaired) electrons. The van der Waals surface area contributed by atoms with E-state index < -0.39 is 5.97 Å². The van der Waals surface area contributed by atoms with Crippen LogP contribution in [0.2, 0.25) is 0 Å². The second kappa shape index (κ2) is 9.04. The Hall–Kier alpha value is -2.82. The van der Waals surface area contributed by atoms with Gasteiger partial charge in [-0.25, -0.2) is 4.79 Å². The van der Waals surface area contributed by atoms with Crippen LogP contribution in [0.25, 0.3) is 0 Å². The summed E-state index contributed by atoms with van der Waals surface area (Å²) >= 11 is 0. The van der Waals surface area contributed by atoms with Gasteiger partial charge in [0, 0.05) is 5.69 Å². The van der Waals surface area contributed by atoms with Crippen molar-refractivity contribution in [2.75, 3.05) is 19.0 Å². The maximum absolute atomic E-state index is 12.2. The SMILES string of the molecule is CCC(C)c1ccc(OCC(=O)Nc2cccc(C(=O)OC)c2C)cc1. The molecule has 0 heterocycles. The molecule has 1 amide bonds. The molecule has 0 aromatic heterocycles. The Morgan fingerprint density at radius 3 is 2.42 bits per heavy atom. The normalized spacial score (nSPS) is 11.5. The number of methoxy groups -OCH3 is 1. The number of nitrogens with one attached hydrogen (secondary N) is 1. The molecule has 5 heteroatoms. The van der Waals surface area contributed by atoms with Gasteiger partial charge < -0.3 is 14.8 Å². The lowest BCUT2D eigenvalue weighted by atomic mass is 9.99. The Balaban J connectivity index is 1.96. The summed E-state index contributed by atoms with van der Waals surface area (Å²) in [5.41, 5.74) is 2.89. The molecule has 0 aliphatic rings. The number of amides is 1. The Labute approximate surface area is 154 Å². The summed E-state index contributed by atoms with van der Waals surface area (Å²) < 4.78 is 10.3. The third-order valence-corrected chi connectivity index (χ3v) is 4.44. The maximum Gasteiger partial charge on any atom is 0.338 e. The van der Waals surface area contributed by atoms with Gasteiger partial charge in [-0.05, 0) is 54.7 Å². The quantitative estimate of drug-likeness (QED) is 0.752. The van der Waals surface area contributed by atoms with Gasteiger partial charge >= 0.3 is 5.97 Å². The third kappa shape index (κ3) is 4.85. The molecule has 0 fully saturated rings. The zero-order chi connectivity index (χ0) is 19.1. The van der Waals surface area contributed by atoms with Crippen molar-refractivity contribution in [1.82, 2.24) is 0 Å². The van der Waals surface area contributed by atoms with Gasteiger partial charge in [0.1, 0.15) is 5.75 Å². The first-order valence-corrected chi connectivity index (χ1v) is 8.66. The number of carbonyl (C=O) groups is 2. The van der Waals surface area contributed by atoms with E-state index in [0.29, 0.717) is 28.5 Å². The van der Waals surface area contributed by atoms with E-state index in [0.717, 1.165) is 6.42 Å². The number of hydrogen-bond donors (Lipinski definition) is 1. The summed E-state index contributed by atoms with van der Waals surface area (Å²) in [6, 6.07) is 12.9. The van der Waals surface area contributed by atoms with Crippen LogP contribution in [-0.2, 0) is 9.53 Å². The molecule has 2 aromatic carbocycles. The second-order valence-corrected chi connectivity index (χ2v) is 6.18. The fourth-order valence-electron chi connectivity index (χ4n) is 2.57. The summed E-state index contributed by atoms with van der Waals surface area (Å²) in [5, 5.41) is 2.77. The van der Waals surface area contributed by atoms with Gasteiger partial charge in [-0.2, -0.15) is 0 Å². The van der Waals surface area contributed by atoms with Crippen LogP contribution in [0.4, 0.5) is 5.69 Å². The van der Waals surface area contributed by atoms with Crippen molar-refractivity contribution in [1.29, 1.82) is 0 Å². The van der Waals surface area contributed by atoms with E-state index in [1.807, 2.05) is 24.3 Å². The molecule has 1 atom stereocenters. The van der Waals surface area contributed by atoms with Crippen molar-refractivity contribution in [3.05, 3.63) is 59.2 Å². The van der Waals surface area contributed by atoms with E-state index in [1.165, 1.54) is 12.7 Å². The average molecular weight is 355 g/mol. The molecule has 138 valence electrons. The molecule has 26 heavy (non-hydrogen) atoms. The molecule has 0 spiro atoms. The molecular formula is C21H25NO4. The molecule has 2 rings (SSSR count). The summed E-state index contributed by atoms with van der Waals surface area (Å²) in [6.07, 6.45) is 1.08. The van der Waals surface area contributed by atoms with Gasteiger partial charge in [-0.15, -0.1) is 0 Å². The fraction of sp³-hybridized carbons (Fsp3) is 0.333. The van der Waals surface area contributed by atoms with Crippen LogP contribution >= 0.6 is 0 Å². The predicted molar refractivity (Wildman–Crippen MR) is 102 cm³/mol. The highest BCUT2D eigenvalue weighted by Crippen LogP contribution is 2.22. The lowest BCUT2D eigenvalue weighted by Crippen LogP contribution is -2.21. The van der Waals surface area contributed by atoms with Crippen molar-refractivity contribution < 1.29 is 19.1 Å². The Kier molecular flexibility index (Phi) is 6.78. The van der Waals surface area contributed by atoms with Crippen molar-refractivity contribution in [2.24, 2.45) is 0 Å². The van der Waals surface area contributed by atoms with Gasteiger partial charge in [0.25, 0.3) is 5.91 Å². The Bertz CT molecular complexity index is 768. The van der Waals surface area contributed by atoms with Crippen molar-refractivity contribution >= 4 is 17.6 Å². The highest BCUT2D eigenvalue weighted by Gasteiger charge is 2.13. The summed E-state index contributed by atoms with van der Waals surface area (Å²) in [5.74, 6) is 0.419. The van der Waals surface area contributed by atoms with Crippen LogP contribution in [0.5, 0.6) is 5.75 Å². The predicted octanol–water partition coefficient (Wildman–Crippen LogP) is 4.31. The number of benzene rings is 2. The lowest BCUT2D eigenvalue weighted by Gasteiger charge is -2.13. The molecule has 2 aromatic rings. The smallest absolute Gasteiger partial charge is 0.338 e. The fourth-order valence-corrected chi connectivity index (χ4v) is 2.57. The van der Waals surface area contributed by atoms with Gasteiger partial charge in [0.05, 0.1) is 12.7 Å². The van der Waals surface area contributed by atoms with Crippen molar-refractivity contribution in [3.63, 3.8) is 0 Å². The molecule has 0 bridgehead atoms. The van der Waals surface area contributed by atoms with Crippen molar-refractivity contribution in [3.8, 4) is 5.75 Å². The van der Waals surface area contributed by atoms with Crippen LogP contribution in [0.1, 0.15) is 47.7 Å². The Morgan fingerprint density at radius 1 is 1.12 bits per heavy atom. The molecule has 0 aliphatic carbocycles.